The van der Waals surface area contributed by atoms with Crippen molar-refractivity contribution in [3.63, 3.8) is 0 Å². The van der Waals surface area contributed by atoms with E-state index in [9.17, 15) is 0 Å². The molecule has 130 valence electrons. The summed E-state index contributed by atoms with van der Waals surface area (Å²) in [5.74, 6) is 0.942. The maximum Gasteiger partial charge on any atom is 0.173 e. The molecule has 2 heterocycles. The lowest BCUT2D eigenvalue weighted by Gasteiger charge is -2.38. The van der Waals surface area contributed by atoms with E-state index in [0.29, 0.717) is 0 Å². The van der Waals surface area contributed by atoms with Crippen LogP contribution < -0.4 is 0 Å². The summed E-state index contributed by atoms with van der Waals surface area (Å²) in [6.45, 7) is 10.8. The maximum atomic E-state index is 4.45. The van der Waals surface area contributed by atoms with Gasteiger partial charge in [-0.05, 0) is 43.3 Å². The van der Waals surface area contributed by atoms with Gasteiger partial charge in [-0.1, -0.05) is 37.3 Å². The number of aromatic nitrogens is 4. The van der Waals surface area contributed by atoms with Crippen molar-refractivity contribution < 1.29 is 0 Å². The van der Waals surface area contributed by atoms with Gasteiger partial charge in [0.25, 0.3) is 0 Å². The number of benzene rings is 1. The SMILES string of the molecule is CCC(C)(C)n1nnnc1[C@@H](c1ccccc1)N1CCN(C)CC1. The molecule has 24 heavy (non-hydrogen) atoms. The van der Waals surface area contributed by atoms with Crippen LogP contribution in [-0.2, 0) is 5.54 Å². The summed E-state index contributed by atoms with van der Waals surface area (Å²) in [6, 6.07) is 10.7. The Morgan fingerprint density at radius 3 is 2.38 bits per heavy atom. The highest BCUT2D eigenvalue weighted by atomic mass is 15.6. The molecule has 1 fully saturated rings. The lowest BCUT2D eigenvalue weighted by molar-refractivity contribution is 0.117. The van der Waals surface area contributed by atoms with Crippen LogP contribution in [0.1, 0.15) is 44.6 Å². The Balaban J connectivity index is 2.02. The molecule has 0 N–H and O–H groups in total. The van der Waals surface area contributed by atoms with Gasteiger partial charge in [0.1, 0.15) is 0 Å². The Kier molecular flexibility index (Phi) is 4.96. The molecule has 1 saturated heterocycles. The molecule has 1 aromatic carbocycles. The molecule has 0 aliphatic carbocycles. The average molecular weight is 328 g/mol. The minimum atomic E-state index is -0.0988. The van der Waals surface area contributed by atoms with Crippen LogP contribution in [0.5, 0.6) is 0 Å². The summed E-state index contributed by atoms with van der Waals surface area (Å²) in [7, 11) is 2.18. The second kappa shape index (κ2) is 6.99. The number of hydrogen-bond donors (Lipinski definition) is 0. The van der Waals surface area contributed by atoms with Crippen LogP contribution in [0.15, 0.2) is 30.3 Å². The molecule has 0 radical (unpaired) electrons. The monoisotopic (exact) mass is 328 g/mol. The molecule has 0 spiro atoms. The van der Waals surface area contributed by atoms with Crippen molar-refractivity contribution in [3.05, 3.63) is 41.7 Å². The Morgan fingerprint density at radius 1 is 1.08 bits per heavy atom. The summed E-state index contributed by atoms with van der Waals surface area (Å²) in [5.41, 5.74) is 1.16. The van der Waals surface area contributed by atoms with E-state index < -0.39 is 0 Å². The number of piperazine rings is 1. The second-order valence-corrected chi connectivity index (χ2v) is 7.27. The summed E-state index contributed by atoms with van der Waals surface area (Å²) in [4.78, 5) is 4.88. The highest BCUT2D eigenvalue weighted by Gasteiger charge is 2.33. The molecule has 6 heteroatoms. The van der Waals surface area contributed by atoms with E-state index in [1.54, 1.807) is 0 Å². The van der Waals surface area contributed by atoms with Gasteiger partial charge in [-0.3, -0.25) is 4.90 Å². The zero-order chi connectivity index (χ0) is 17.2. The van der Waals surface area contributed by atoms with Crippen molar-refractivity contribution in [2.24, 2.45) is 0 Å². The summed E-state index contributed by atoms with van der Waals surface area (Å²) in [5, 5.41) is 12.8. The third kappa shape index (κ3) is 3.35. The third-order valence-electron chi connectivity index (χ3n) is 5.20. The second-order valence-electron chi connectivity index (χ2n) is 7.27. The minimum absolute atomic E-state index is 0.0979. The van der Waals surface area contributed by atoms with Crippen molar-refractivity contribution >= 4 is 0 Å². The van der Waals surface area contributed by atoms with Gasteiger partial charge in [0.15, 0.2) is 5.82 Å². The Bertz CT molecular complexity index is 643. The van der Waals surface area contributed by atoms with Crippen molar-refractivity contribution in [3.8, 4) is 0 Å². The lowest BCUT2D eigenvalue weighted by atomic mass is 9.99. The van der Waals surface area contributed by atoms with Crippen molar-refractivity contribution in [2.75, 3.05) is 33.2 Å². The molecule has 1 aromatic heterocycles. The minimum Gasteiger partial charge on any atom is -0.304 e. The molecule has 0 unspecified atom stereocenters. The van der Waals surface area contributed by atoms with Gasteiger partial charge in [-0.15, -0.1) is 5.10 Å². The van der Waals surface area contributed by atoms with E-state index in [0.717, 1.165) is 38.4 Å². The number of hydrogen-bond acceptors (Lipinski definition) is 5. The zero-order valence-corrected chi connectivity index (χ0v) is 15.2. The Morgan fingerprint density at radius 2 is 1.75 bits per heavy atom. The fourth-order valence-electron chi connectivity index (χ4n) is 3.18. The first-order valence-corrected chi connectivity index (χ1v) is 8.79. The van der Waals surface area contributed by atoms with Crippen LogP contribution in [0, 0.1) is 0 Å². The van der Waals surface area contributed by atoms with Gasteiger partial charge in [-0.2, -0.15) is 0 Å². The lowest BCUT2D eigenvalue weighted by Crippen LogP contribution is -2.47. The first-order chi connectivity index (χ1) is 11.5. The molecular weight excluding hydrogens is 300 g/mol. The molecule has 6 nitrogen and oxygen atoms in total. The molecule has 0 bridgehead atoms. The Hall–Kier alpha value is -1.79. The van der Waals surface area contributed by atoms with Crippen molar-refractivity contribution in [1.82, 2.24) is 30.0 Å². The topological polar surface area (TPSA) is 50.1 Å². The maximum absolute atomic E-state index is 4.45. The first kappa shape index (κ1) is 17.0. The molecular formula is C18H28N6. The van der Waals surface area contributed by atoms with Crippen molar-refractivity contribution in [1.29, 1.82) is 0 Å². The van der Waals surface area contributed by atoms with Gasteiger partial charge in [0, 0.05) is 26.2 Å². The van der Waals surface area contributed by atoms with E-state index in [1.807, 2.05) is 4.68 Å². The average Bonchev–Trinajstić information content (AvgIpc) is 3.08. The third-order valence-corrected chi connectivity index (χ3v) is 5.20. The van der Waals surface area contributed by atoms with Crippen LogP contribution in [0.3, 0.4) is 0 Å². The van der Waals surface area contributed by atoms with E-state index in [2.05, 4.69) is 83.5 Å². The van der Waals surface area contributed by atoms with Crippen LogP contribution in [0.25, 0.3) is 0 Å². The van der Waals surface area contributed by atoms with E-state index in [1.165, 1.54) is 5.56 Å². The summed E-state index contributed by atoms with van der Waals surface area (Å²) >= 11 is 0. The smallest absolute Gasteiger partial charge is 0.173 e. The van der Waals surface area contributed by atoms with Gasteiger partial charge in [-0.25, -0.2) is 4.68 Å². The number of rotatable bonds is 5. The molecule has 1 aliphatic rings. The fraction of sp³-hybridized carbons (Fsp3) is 0.611. The predicted octanol–water partition coefficient (Wildman–Crippen LogP) is 2.16. The van der Waals surface area contributed by atoms with Crippen LogP contribution in [0.4, 0.5) is 0 Å². The molecule has 1 atom stereocenters. The summed E-state index contributed by atoms with van der Waals surface area (Å²) < 4.78 is 2.02. The van der Waals surface area contributed by atoms with Gasteiger partial charge < -0.3 is 4.90 Å². The van der Waals surface area contributed by atoms with Crippen LogP contribution in [-0.4, -0.2) is 63.2 Å². The normalized spacial score (nSPS) is 18.7. The Labute approximate surface area is 144 Å². The molecule has 0 amide bonds. The van der Waals surface area contributed by atoms with E-state index in [-0.39, 0.29) is 11.6 Å². The standard InChI is InChI=1S/C18H28N6/c1-5-18(2,3)24-17(19-20-21-24)16(15-9-7-6-8-10-15)23-13-11-22(4)12-14-23/h6-10,16H,5,11-14H2,1-4H3/t16-/m1/s1. The molecule has 2 aromatic rings. The number of likely N-dealkylation sites (N-methyl/N-ethyl adjacent to an activating group) is 1. The highest BCUT2D eigenvalue weighted by molar-refractivity contribution is 5.25. The molecule has 3 rings (SSSR count). The van der Waals surface area contributed by atoms with Crippen LogP contribution >= 0.6 is 0 Å². The zero-order valence-electron chi connectivity index (χ0n) is 15.2. The van der Waals surface area contributed by atoms with Gasteiger partial charge >= 0.3 is 0 Å². The largest absolute Gasteiger partial charge is 0.304 e. The number of nitrogens with zero attached hydrogens (tertiary/aromatic N) is 6. The van der Waals surface area contributed by atoms with Gasteiger partial charge in [0.05, 0.1) is 11.6 Å². The number of tetrazole rings is 1. The van der Waals surface area contributed by atoms with Crippen molar-refractivity contribution in [2.45, 2.75) is 38.8 Å². The fourth-order valence-corrected chi connectivity index (χ4v) is 3.18. The van der Waals surface area contributed by atoms with Gasteiger partial charge in [0.2, 0.25) is 0 Å². The van der Waals surface area contributed by atoms with Crippen LogP contribution in [0.2, 0.25) is 0 Å². The molecule has 1 aliphatic heterocycles. The highest BCUT2D eigenvalue weighted by Crippen LogP contribution is 2.31. The predicted molar refractivity (Wildman–Crippen MR) is 94.8 cm³/mol. The quantitative estimate of drug-likeness (QED) is 0.842. The summed E-state index contributed by atoms with van der Waals surface area (Å²) in [6.07, 6.45) is 0.981. The first-order valence-electron chi connectivity index (χ1n) is 8.79. The molecule has 0 saturated carbocycles. The van der Waals surface area contributed by atoms with E-state index >= 15 is 0 Å². The van der Waals surface area contributed by atoms with E-state index in [4.69, 9.17) is 0 Å².